The van der Waals surface area contributed by atoms with Crippen molar-refractivity contribution in [2.45, 2.75) is 18.4 Å². The van der Waals surface area contributed by atoms with Crippen LogP contribution in [0.4, 0.5) is 0 Å². The fourth-order valence-corrected chi connectivity index (χ4v) is 1.90. The first-order valence-corrected chi connectivity index (χ1v) is 4.91. The highest BCUT2D eigenvalue weighted by Crippen LogP contribution is 2.28. The fourth-order valence-electron chi connectivity index (χ4n) is 1.05. The fraction of sp³-hybridized carbons (Fsp3) is 0.333. The number of hydrogen-bond acceptors (Lipinski definition) is 3. The Balaban J connectivity index is 3.00. The smallest absolute Gasteiger partial charge is 0.121 e. The normalized spacial score (nSPS) is 10.2. The van der Waals surface area contributed by atoms with E-state index >= 15 is 0 Å². The number of hydrogen-bond donors (Lipinski definition) is 2. The largest absolute Gasteiger partial charge is 0.508 e. The lowest BCUT2D eigenvalue weighted by atomic mass is 10.2. The van der Waals surface area contributed by atoms with Gasteiger partial charge < -0.3 is 10.8 Å². The van der Waals surface area contributed by atoms with Crippen LogP contribution in [0.3, 0.4) is 0 Å². The molecule has 0 spiro atoms. The van der Waals surface area contributed by atoms with Crippen LogP contribution in [0.5, 0.6) is 5.75 Å². The summed E-state index contributed by atoms with van der Waals surface area (Å²) >= 11 is 1.70. The second kappa shape index (κ2) is 4.38. The van der Waals surface area contributed by atoms with Gasteiger partial charge in [-0.25, -0.2) is 0 Å². The first-order chi connectivity index (χ1) is 5.79. The van der Waals surface area contributed by atoms with E-state index in [0.717, 1.165) is 16.2 Å². The van der Waals surface area contributed by atoms with Crippen molar-refractivity contribution in [2.24, 2.45) is 5.73 Å². The molecule has 0 amide bonds. The zero-order chi connectivity index (χ0) is 8.97. The molecule has 0 radical (unpaired) electrons. The molecule has 0 bridgehead atoms. The van der Waals surface area contributed by atoms with Crippen LogP contribution in [0.1, 0.15) is 12.5 Å². The first-order valence-electron chi connectivity index (χ1n) is 3.93. The molecule has 2 nitrogen and oxygen atoms in total. The summed E-state index contributed by atoms with van der Waals surface area (Å²) < 4.78 is 0. The van der Waals surface area contributed by atoms with E-state index in [-0.39, 0.29) is 0 Å². The molecule has 0 aliphatic rings. The number of phenolic OH excluding ortho intramolecular Hbond substituents is 1. The summed E-state index contributed by atoms with van der Waals surface area (Å²) in [5.41, 5.74) is 6.36. The van der Waals surface area contributed by atoms with Crippen molar-refractivity contribution in [3.63, 3.8) is 0 Å². The molecule has 3 heteroatoms. The molecule has 0 fully saturated rings. The highest BCUT2D eigenvalue weighted by atomic mass is 32.2. The quantitative estimate of drug-likeness (QED) is 0.704. The standard InChI is InChI=1S/C9H13NOS/c1-2-12-9-5-3-4-8(11)7(9)6-10/h3-5,11H,2,6,10H2,1H3. The van der Waals surface area contributed by atoms with E-state index in [4.69, 9.17) is 5.73 Å². The minimum Gasteiger partial charge on any atom is -0.508 e. The summed E-state index contributed by atoms with van der Waals surface area (Å²) in [5, 5.41) is 9.42. The molecule has 1 aromatic rings. The second-order valence-electron chi connectivity index (χ2n) is 2.39. The van der Waals surface area contributed by atoms with E-state index in [1.165, 1.54) is 0 Å². The van der Waals surface area contributed by atoms with Crippen LogP contribution in [0, 0.1) is 0 Å². The van der Waals surface area contributed by atoms with Gasteiger partial charge in [0, 0.05) is 17.0 Å². The van der Waals surface area contributed by atoms with Crippen molar-refractivity contribution < 1.29 is 5.11 Å². The van der Waals surface area contributed by atoms with Gasteiger partial charge >= 0.3 is 0 Å². The Morgan fingerprint density at radius 1 is 1.50 bits per heavy atom. The summed E-state index contributed by atoms with van der Waals surface area (Å²) in [6, 6.07) is 5.49. The maximum absolute atomic E-state index is 9.42. The first kappa shape index (κ1) is 9.42. The number of phenols is 1. The van der Waals surface area contributed by atoms with E-state index in [9.17, 15) is 5.11 Å². The predicted molar refractivity (Wildman–Crippen MR) is 52.4 cm³/mol. The zero-order valence-electron chi connectivity index (χ0n) is 7.08. The van der Waals surface area contributed by atoms with Gasteiger partial charge in [0.25, 0.3) is 0 Å². The SMILES string of the molecule is CCSc1cccc(O)c1CN. The number of aromatic hydroxyl groups is 1. The topological polar surface area (TPSA) is 46.2 Å². The van der Waals surface area contributed by atoms with Crippen LogP contribution >= 0.6 is 11.8 Å². The van der Waals surface area contributed by atoms with Gasteiger partial charge in [-0.05, 0) is 17.9 Å². The van der Waals surface area contributed by atoms with E-state index in [0.29, 0.717) is 12.3 Å². The van der Waals surface area contributed by atoms with Crippen molar-refractivity contribution in [1.29, 1.82) is 0 Å². The zero-order valence-corrected chi connectivity index (χ0v) is 7.90. The van der Waals surface area contributed by atoms with Crippen LogP contribution < -0.4 is 5.73 Å². The van der Waals surface area contributed by atoms with E-state index in [1.807, 2.05) is 12.1 Å². The Morgan fingerprint density at radius 3 is 2.83 bits per heavy atom. The Morgan fingerprint density at radius 2 is 2.25 bits per heavy atom. The van der Waals surface area contributed by atoms with E-state index in [2.05, 4.69) is 6.92 Å². The van der Waals surface area contributed by atoms with Crippen molar-refractivity contribution in [3.8, 4) is 5.75 Å². The molecule has 0 saturated carbocycles. The van der Waals surface area contributed by atoms with Gasteiger partial charge in [-0.2, -0.15) is 0 Å². The van der Waals surface area contributed by atoms with Gasteiger partial charge in [-0.1, -0.05) is 13.0 Å². The summed E-state index contributed by atoms with van der Waals surface area (Å²) in [4.78, 5) is 1.08. The lowest BCUT2D eigenvalue weighted by molar-refractivity contribution is 0.466. The molecule has 1 rings (SSSR count). The number of rotatable bonds is 3. The molecular weight excluding hydrogens is 170 g/mol. The monoisotopic (exact) mass is 183 g/mol. The minimum absolute atomic E-state index is 0.302. The molecule has 0 aliphatic heterocycles. The Kier molecular flexibility index (Phi) is 3.44. The molecular formula is C9H13NOS. The third-order valence-corrected chi connectivity index (χ3v) is 2.59. The maximum Gasteiger partial charge on any atom is 0.121 e. The maximum atomic E-state index is 9.42. The van der Waals surface area contributed by atoms with Gasteiger partial charge in [0.05, 0.1) is 0 Å². The van der Waals surface area contributed by atoms with Crippen LogP contribution in [-0.4, -0.2) is 10.9 Å². The minimum atomic E-state index is 0.302. The molecule has 12 heavy (non-hydrogen) atoms. The number of nitrogens with two attached hydrogens (primary N) is 1. The number of benzene rings is 1. The molecule has 0 atom stereocenters. The summed E-state index contributed by atoms with van der Waals surface area (Å²) in [7, 11) is 0. The third kappa shape index (κ3) is 1.93. The lowest BCUT2D eigenvalue weighted by Gasteiger charge is -2.07. The summed E-state index contributed by atoms with van der Waals surface area (Å²) in [6.45, 7) is 2.48. The summed E-state index contributed by atoms with van der Waals surface area (Å²) in [6.07, 6.45) is 0. The predicted octanol–water partition coefficient (Wildman–Crippen LogP) is 1.96. The molecule has 66 valence electrons. The van der Waals surface area contributed by atoms with E-state index < -0.39 is 0 Å². The molecule has 0 unspecified atom stereocenters. The third-order valence-electron chi connectivity index (χ3n) is 1.61. The Hall–Kier alpha value is -0.670. The average molecular weight is 183 g/mol. The van der Waals surface area contributed by atoms with Gasteiger partial charge in [0.15, 0.2) is 0 Å². The van der Waals surface area contributed by atoms with Crippen molar-refractivity contribution in [2.75, 3.05) is 5.75 Å². The molecule has 0 saturated heterocycles. The van der Waals surface area contributed by atoms with Crippen LogP contribution in [0.25, 0.3) is 0 Å². The van der Waals surface area contributed by atoms with Crippen LogP contribution in [0.15, 0.2) is 23.1 Å². The highest BCUT2D eigenvalue weighted by Gasteiger charge is 2.04. The molecule has 3 N–H and O–H groups in total. The van der Waals surface area contributed by atoms with Crippen molar-refractivity contribution >= 4 is 11.8 Å². The molecule has 0 aromatic heterocycles. The van der Waals surface area contributed by atoms with Gasteiger partial charge in [-0.15, -0.1) is 11.8 Å². The summed E-state index contributed by atoms with van der Waals surface area (Å²) in [5.74, 6) is 1.30. The van der Waals surface area contributed by atoms with E-state index in [1.54, 1.807) is 17.8 Å². The Bertz CT molecular complexity index is 263. The van der Waals surface area contributed by atoms with Crippen LogP contribution in [0.2, 0.25) is 0 Å². The molecule has 0 heterocycles. The lowest BCUT2D eigenvalue weighted by Crippen LogP contribution is -1.98. The van der Waals surface area contributed by atoms with Gasteiger partial charge in [0.1, 0.15) is 5.75 Å². The Labute approximate surface area is 76.8 Å². The second-order valence-corrected chi connectivity index (χ2v) is 3.70. The number of thioether (sulfide) groups is 1. The van der Waals surface area contributed by atoms with Gasteiger partial charge in [0.2, 0.25) is 0 Å². The molecule has 0 aliphatic carbocycles. The average Bonchev–Trinajstić information content (AvgIpc) is 2.05. The highest BCUT2D eigenvalue weighted by molar-refractivity contribution is 7.99. The van der Waals surface area contributed by atoms with Crippen molar-refractivity contribution in [1.82, 2.24) is 0 Å². The van der Waals surface area contributed by atoms with Crippen molar-refractivity contribution in [3.05, 3.63) is 23.8 Å². The van der Waals surface area contributed by atoms with Crippen LogP contribution in [-0.2, 0) is 6.54 Å². The molecule has 1 aromatic carbocycles. The van der Waals surface area contributed by atoms with Gasteiger partial charge in [-0.3, -0.25) is 0 Å².